The van der Waals surface area contributed by atoms with E-state index in [1.54, 1.807) is 18.2 Å². The van der Waals surface area contributed by atoms with Crippen molar-refractivity contribution in [2.24, 2.45) is 0 Å². The van der Waals surface area contributed by atoms with Crippen molar-refractivity contribution in [3.63, 3.8) is 0 Å². The molecule has 2 amide bonds. The molecule has 2 N–H and O–H groups in total. The van der Waals surface area contributed by atoms with E-state index in [9.17, 15) is 9.59 Å². The number of anilines is 2. The van der Waals surface area contributed by atoms with Gasteiger partial charge >= 0.3 is 0 Å². The van der Waals surface area contributed by atoms with Crippen LogP contribution in [0.1, 0.15) is 18.0 Å². The van der Waals surface area contributed by atoms with E-state index in [0.717, 1.165) is 5.56 Å². The summed E-state index contributed by atoms with van der Waals surface area (Å²) in [7, 11) is 0. The van der Waals surface area contributed by atoms with Crippen molar-refractivity contribution in [1.29, 1.82) is 0 Å². The summed E-state index contributed by atoms with van der Waals surface area (Å²) in [5.41, 5.74) is 1.69. The van der Waals surface area contributed by atoms with Gasteiger partial charge in [-0.05, 0) is 17.7 Å². The van der Waals surface area contributed by atoms with Crippen LogP contribution in [0.2, 0.25) is 0 Å². The second-order valence-electron chi connectivity index (χ2n) is 6.76. The molecule has 0 spiro atoms. The highest BCUT2D eigenvalue weighted by molar-refractivity contribution is 7.98. The summed E-state index contributed by atoms with van der Waals surface area (Å²) in [4.78, 5) is 29.4. The number of nitrogens with zero attached hydrogens (tertiary/aromatic N) is 3. The molecule has 10 heteroatoms. The van der Waals surface area contributed by atoms with Crippen molar-refractivity contribution in [2.75, 3.05) is 17.4 Å². The van der Waals surface area contributed by atoms with Gasteiger partial charge < -0.3 is 14.8 Å². The smallest absolute Gasteiger partial charge is 0.249 e. The predicted octanol–water partition coefficient (Wildman–Crippen LogP) is 2.82. The Bertz CT molecular complexity index is 1120. The third-order valence-electron chi connectivity index (χ3n) is 4.69. The minimum atomic E-state index is -0.794. The highest BCUT2D eigenvalue weighted by Gasteiger charge is 2.33. The quantitative estimate of drug-likeness (QED) is 0.608. The molecule has 152 valence electrons. The Hall–Kier alpha value is -3.53. The van der Waals surface area contributed by atoms with Gasteiger partial charge in [0.2, 0.25) is 29.7 Å². The van der Waals surface area contributed by atoms with E-state index in [2.05, 4.69) is 20.7 Å². The number of fused-ring (bicyclic) bond motifs is 2. The molecule has 3 heterocycles. The number of rotatable bonds is 5. The Morgan fingerprint density at radius 1 is 1.20 bits per heavy atom. The SMILES string of the molecule is O=C1CC(C(=O)Nc2ccc3c(c2)OCO3)n2nc(SCc3ccccc3)nc2N1. The lowest BCUT2D eigenvalue weighted by molar-refractivity contribution is -0.125. The summed E-state index contributed by atoms with van der Waals surface area (Å²) in [6.07, 6.45) is -0.0183. The van der Waals surface area contributed by atoms with E-state index < -0.39 is 6.04 Å². The van der Waals surface area contributed by atoms with E-state index in [1.807, 2.05) is 30.3 Å². The number of benzene rings is 2. The first-order valence-corrected chi connectivity index (χ1v) is 10.3. The molecule has 9 nitrogen and oxygen atoms in total. The van der Waals surface area contributed by atoms with Gasteiger partial charge in [0.25, 0.3) is 0 Å². The van der Waals surface area contributed by atoms with Crippen molar-refractivity contribution in [3.05, 3.63) is 54.1 Å². The number of ether oxygens (including phenoxy) is 2. The van der Waals surface area contributed by atoms with Gasteiger partial charge in [-0.1, -0.05) is 42.1 Å². The molecule has 1 aromatic heterocycles. The molecule has 0 aliphatic carbocycles. The molecule has 2 aliphatic heterocycles. The zero-order valence-electron chi connectivity index (χ0n) is 15.7. The summed E-state index contributed by atoms with van der Waals surface area (Å²) >= 11 is 1.44. The lowest BCUT2D eigenvalue weighted by Crippen LogP contribution is -2.36. The molecule has 0 bridgehead atoms. The van der Waals surface area contributed by atoms with E-state index in [4.69, 9.17) is 9.47 Å². The van der Waals surface area contributed by atoms with Crippen LogP contribution in [0.15, 0.2) is 53.7 Å². The second kappa shape index (κ2) is 7.71. The van der Waals surface area contributed by atoms with Crippen LogP contribution in [0.5, 0.6) is 11.5 Å². The van der Waals surface area contributed by atoms with Gasteiger partial charge in [-0.2, -0.15) is 4.98 Å². The van der Waals surface area contributed by atoms with Crippen LogP contribution >= 0.6 is 11.8 Å². The Kier molecular flexibility index (Phi) is 4.75. The molecule has 0 saturated heterocycles. The Morgan fingerprint density at radius 2 is 2.03 bits per heavy atom. The molecule has 0 fully saturated rings. The highest BCUT2D eigenvalue weighted by atomic mass is 32.2. The summed E-state index contributed by atoms with van der Waals surface area (Å²) < 4.78 is 12.1. The standard InChI is InChI=1S/C20H17N5O4S/c26-17-9-14(18(27)21-13-6-7-15-16(8-13)29-11-28-15)25-19(22-17)23-20(24-25)30-10-12-4-2-1-3-5-12/h1-8,14H,9-11H2,(H,21,27)(H,22,23,24,26). The number of carbonyl (C=O) groups excluding carboxylic acids is 2. The Balaban J connectivity index is 1.33. The van der Waals surface area contributed by atoms with E-state index in [1.165, 1.54) is 16.4 Å². The number of nitrogens with one attached hydrogen (secondary N) is 2. The molecule has 2 aliphatic rings. The van der Waals surface area contributed by atoms with Gasteiger partial charge in [0.05, 0.1) is 6.42 Å². The normalized spacial score (nSPS) is 16.7. The molecular weight excluding hydrogens is 406 g/mol. The molecule has 30 heavy (non-hydrogen) atoms. The van der Waals surface area contributed by atoms with Crippen LogP contribution in [-0.4, -0.2) is 33.4 Å². The van der Waals surface area contributed by atoms with Gasteiger partial charge in [-0.25, -0.2) is 4.68 Å². The average Bonchev–Trinajstić information content (AvgIpc) is 3.38. The molecule has 0 saturated carbocycles. The van der Waals surface area contributed by atoms with Crippen molar-refractivity contribution in [1.82, 2.24) is 14.8 Å². The van der Waals surface area contributed by atoms with E-state index >= 15 is 0 Å². The predicted molar refractivity (Wildman–Crippen MR) is 110 cm³/mol. The Labute approximate surface area is 175 Å². The van der Waals surface area contributed by atoms with Gasteiger partial charge in [-0.3, -0.25) is 14.9 Å². The third kappa shape index (κ3) is 3.69. The van der Waals surface area contributed by atoms with E-state index in [-0.39, 0.29) is 31.0 Å². The van der Waals surface area contributed by atoms with Gasteiger partial charge in [0, 0.05) is 17.5 Å². The maximum absolute atomic E-state index is 12.9. The zero-order valence-corrected chi connectivity index (χ0v) is 16.5. The molecule has 0 radical (unpaired) electrons. The second-order valence-corrected chi connectivity index (χ2v) is 7.70. The monoisotopic (exact) mass is 423 g/mol. The number of aromatic nitrogens is 3. The maximum atomic E-state index is 12.9. The summed E-state index contributed by atoms with van der Waals surface area (Å²) in [5, 5.41) is 10.4. The molecular formula is C20H17N5O4S. The largest absolute Gasteiger partial charge is 0.454 e. The number of thioether (sulfide) groups is 1. The summed E-state index contributed by atoms with van der Waals surface area (Å²) in [5.74, 6) is 1.52. The van der Waals surface area contributed by atoms with Gasteiger partial charge in [0.1, 0.15) is 6.04 Å². The van der Waals surface area contributed by atoms with Crippen LogP contribution in [-0.2, 0) is 15.3 Å². The van der Waals surface area contributed by atoms with Crippen LogP contribution in [0.4, 0.5) is 11.6 Å². The molecule has 3 aromatic rings. The molecule has 1 unspecified atom stereocenters. The van der Waals surface area contributed by atoms with Crippen molar-refractivity contribution in [2.45, 2.75) is 23.4 Å². The van der Waals surface area contributed by atoms with Crippen molar-refractivity contribution < 1.29 is 19.1 Å². The minimum Gasteiger partial charge on any atom is -0.454 e. The van der Waals surface area contributed by atoms with Gasteiger partial charge in [-0.15, -0.1) is 5.10 Å². The lowest BCUT2D eigenvalue weighted by Gasteiger charge is -2.22. The third-order valence-corrected chi connectivity index (χ3v) is 5.60. The highest BCUT2D eigenvalue weighted by Crippen LogP contribution is 2.35. The fourth-order valence-corrected chi connectivity index (χ4v) is 4.02. The first-order valence-electron chi connectivity index (χ1n) is 9.29. The van der Waals surface area contributed by atoms with Crippen LogP contribution in [0.25, 0.3) is 0 Å². The Morgan fingerprint density at radius 3 is 2.90 bits per heavy atom. The molecule has 5 rings (SSSR count). The topological polar surface area (TPSA) is 107 Å². The fraction of sp³-hybridized carbons (Fsp3) is 0.200. The number of hydrogen-bond acceptors (Lipinski definition) is 7. The molecule has 2 aromatic carbocycles. The first-order chi connectivity index (χ1) is 14.7. The van der Waals surface area contributed by atoms with Crippen LogP contribution in [0, 0.1) is 0 Å². The van der Waals surface area contributed by atoms with Crippen LogP contribution < -0.4 is 20.1 Å². The van der Waals surface area contributed by atoms with Gasteiger partial charge in [0.15, 0.2) is 11.5 Å². The summed E-state index contributed by atoms with van der Waals surface area (Å²) in [6, 6.07) is 14.3. The van der Waals surface area contributed by atoms with Crippen molar-refractivity contribution in [3.8, 4) is 11.5 Å². The average molecular weight is 423 g/mol. The number of hydrogen-bond donors (Lipinski definition) is 2. The zero-order chi connectivity index (χ0) is 20.5. The summed E-state index contributed by atoms with van der Waals surface area (Å²) in [6.45, 7) is 0.154. The maximum Gasteiger partial charge on any atom is 0.249 e. The number of carbonyl (C=O) groups is 2. The minimum absolute atomic E-state index is 0.0183. The van der Waals surface area contributed by atoms with Crippen LogP contribution in [0.3, 0.4) is 0 Å². The van der Waals surface area contributed by atoms with Crippen molar-refractivity contribution >= 4 is 35.2 Å². The van der Waals surface area contributed by atoms with E-state index in [0.29, 0.717) is 28.1 Å². The fourth-order valence-electron chi connectivity index (χ4n) is 3.23. The first kappa shape index (κ1) is 18.5. The molecule has 1 atom stereocenters. The number of amides is 2. The lowest BCUT2D eigenvalue weighted by atomic mass is 10.1.